The zero-order chi connectivity index (χ0) is 23.1. The van der Waals surface area contributed by atoms with Crippen LogP contribution in [0.5, 0.6) is 11.5 Å². The quantitative estimate of drug-likeness (QED) is 0.370. The van der Waals surface area contributed by atoms with E-state index >= 15 is 0 Å². The Balaban J connectivity index is 1.60. The van der Waals surface area contributed by atoms with Crippen LogP contribution in [0.1, 0.15) is 30.4 Å². The molecule has 0 saturated carbocycles. The normalized spacial score (nSPS) is 24.2. The Bertz CT molecular complexity index is 851. The Morgan fingerprint density at radius 3 is 2.06 bits per heavy atom. The lowest BCUT2D eigenvalue weighted by atomic mass is 9.99. The van der Waals surface area contributed by atoms with Gasteiger partial charge in [0.05, 0.1) is 12.7 Å². The molecule has 0 radical (unpaired) electrons. The number of carbonyl (C=O) groups is 1. The van der Waals surface area contributed by atoms with Crippen molar-refractivity contribution in [1.82, 2.24) is 0 Å². The number of ether oxygens (including phenoxy) is 2. The zero-order valence-corrected chi connectivity index (χ0v) is 17.7. The van der Waals surface area contributed by atoms with E-state index in [-0.39, 0.29) is 30.3 Å². The van der Waals surface area contributed by atoms with Crippen molar-refractivity contribution in [3.63, 3.8) is 0 Å². The third kappa shape index (κ3) is 7.01. The summed E-state index contributed by atoms with van der Waals surface area (Å²) in [5.74, 6) is 0.304. The second-order valence-corrected chi connectivity index (χ2v) is 8.12. The fourth-order valence-electron chi connectivity index (χ4n) is 3.60. The van der Waals surface area contributed by atoms with Gasteiger partial charge in [0.2, 0.25) is 0 Å². The number of aryl methyl sites for hydroxylation is 2. The summed E-state index contributed by atoms with van der Waals surface area (Å²) in [6.07, 6.45) is -3.80. The van der Waals surface area contributed by atoms with Gasteiger partial charge in [0.15, 0.2) is 6.29 Å². The lowest BCUT2D eigenvalue weighted by Gasteiger charge is -2.36. The van der Waals surface area contributed by atoms with E-state index in [0.29, 0.717) is 25.7 Å². The van der Waals surface area contributed by atoms with Crippen LogP contribution in [-0.2, 0) is 27.1 Å². The lowest BCUT2D eigenvalue weighted by molar-refractivity contribution is -0.282. The number of aliphatic hydroxyl groups excluding tert-OH is 3. The highest BCUT2D eigenvalue weighted by Gasteiger charge is 2.39. The summed E-state index contributed by atoms with van der Waals surface area (Å²) >= 11 is 0. The second-order valence-electron chi connectivity index (χ2n) is 8.12. The average molecular weight is 446 g/mol. The van der Waals surface area contributed by atoms with E-state index in [1.54, 1.807) is 48.5 Å². The summed E-state index contributed by atoms with van der Waals surface area (Å²) < 4.78 is 11.2. The highest BCUT2D eigenvalue weighted by molar-refractivity contribution is 5.79. The molecule has 0 aromatic heterocycles. The average Bonchev–Trinajstić information content (AvgIpc) is 2.78. The first-order chi connectivity index (χ1) is 15.3. The van der Waals surface area contributed by atoms with Crippen LogP contribution < -0.4 is 0 Å². The summed E-state index contributed by atoms with van der Waals surface area (Å²) in [4.78, 5) is 12.6. The summed E-state index contributed by atoms with van der Waals surface area (Å²) in [7, 11) is 0. The van der Waals surface area contributed by atoms with Gasteiger partial charge in [-0.2, -0.15) is 0 Å². The third-order valence-electron chi connectivity index (χ3n) is 5.56. The molecule has 0 spiro atoms. The number of hydrogen-bond acceptors (Lipinski definition) is 8. The molecule has 32 heavy (non-hydrogen) atoms. The van der Waals surface area contributed by atoms with Crippen LogP contribution in [0.4, 0.5) is 0 Å². The van der Waals surface area contributed by atoms with Gasteiger partial charge in [0.1, 0.15) is 35.6 Å². The molecule has 1 saturated heterocycles. The molecule has 1 aliphatic rings. The van der Waals surface area contributed by atoms with Crippen LogP contribution >= 0.6 is 0 Å². The van der Waals surface area contributed by atoms with Gasteiger partial charge in [0.25, 0.3) is 0 Å². The molecular weight excluding hydrogens is 416 g/mol. The number of rotatable bonds is 10. The summed E-state index contributed by atoms with van der Waals surface area (Å²) in [5.41, 5.74) is 1.88. The van der Waals surface area contributed by atoms with Crippen LogP contribution in [0, 0.1) is 0 Å². The molecule has 2 aromatic carbocycles. The molecule has 1 unspecified atom stereocenters. The molecule has 0 amide bonds. The maximum Gasteiger partial charge on any atom is 0.186 e. The maximum atomic E-state index is 12.6. The molecule has 5 atom stereocenters. The standard InChI is InChI=1S/C24H30O8/c25-17-7-1-15(2-8-17)5-11-19(27)13-20(12-6-16-3-9-18(26)10-4-16)32-24-23(30)22(29)21(28)14-31-24/h1-4,7-10,20-26,28-30H,5-6,11-14H2/t20?,21-,22+,23-,24+/m1/s1. The zero-order valence-electron chi connectivity index (χ0n) is 17.7. The summed E-state index contributed by atoms with van der Waals surface area (Å²) in [6.45, 7) is -0.178. The van der Waals surface area contributed by atoms with E-state index in [9.17, 15) is 30.3 Å². The summed E-state index contributed by atoms with van der Waals surface area (Å²) in [6, 6.07) is 13.4. The van der Waals surface area contributed by atoms with Gasteiger partial charge in [-0.1, -0.05) is 24.3 Å². The van der Waals surface area contributed by atoms with E-state index < -0.39 is 30.7 Å². The van der Waals surface area contributed by atoms with Crippen molar-refractivity contribution in [3.05, 3.63) is 59.7 Å². The number of phenols is 2. The molecule has 1 aliphatic heterocycles. The molecule has 0 aliphatic carbocycles. The van der Waals surface area contributed by atoms with E-state index in [4.69, 9.17) is 9.47 Å². The largest absolute Gasteiger partial charge is 0.508 e. The minimum absolute atomic E-state index is 0.0281. The maximum absolute atomic E-state index is 12.6. The number of ketones is 1. The summed E-state index contributed by atoms with van der Waals surface area (Å²) in [5, 5.41) is 48.5. The van der Waals surface area contributed by atoms with Crippen LogP contribution in [0.25, 0.3) is 0 Å². The lowest BCUT2D eigenvalue weighted by Crippen LogP contribution is -2.54. The van der Waals surface area contributed by atoms with Crippen molar-refractivity contribution >= 4 is 5.78 Å². The fraction of sp³-hybridized carbons (Fsp3) is 0.458. The first-order valence-corrected chi connectivity index (χ1v) is 10.7. The predicted molar refractivity (Wildman–Crippen MR) is 115 cm³/mol. The minimum atomic E-state index is -1.43. The molecule has 2 aromatic rings. The molecule has 8 nitrogen and oxygen atoms in total. The number of benzene rings is 2. The molecule has 5 N–H and O–H groups in total. The highest BCUT2D eigenvalue weighted by atomic mass is 16.7. The molecule has 1 heterocycles. The number of hydrogen-bond donors (Lipinski definition) is 5. The van der Waals surface area contributed by atoms with E-state index in [2.05, 4.69) is 0 Å². The van der Waals surface area contributed by atoms with Gasteiger partial charge in [-0.15, -0.1) is 0 Å². The van der Waals surface area contributed by atoms with Gasteiger partial charge >= 0.3 is 0 Å². The van der Waals surface area contributed by atoms with Crippen LogP contribution in [0.15, 0.2) is 48.5 Å². The Morgan fingerprint density at radius 2 is 1.47 bits per heavy atom. The molecule has 174 valence electrons. The number of Topliss-reactive ketones (excluding diaryl/α,β-unsaturated/α-hetero) is 1. The van der Waals surface area contributed by atoms with Gasteiger partial charge in [-0.05, 0) is 54.7 Å². The van der Waals surface area contributed by atoms with Crippen molar-refractivity contribution in [1.29, 1.82) is 0 Å². The van der Waals surface area contributed by atoms with Crippen molar-refractivity contribution in [3.8, 4) is 11.5 Å². The highest BCUT2D eigenvalue weighted by Crippen LogP contribution is 2.22. The molecule has 1 fully saturated rings. The third-order valence-corrected chi connectivity index (χ3v) is 5.56. The van der Waals surface area contributed by atoms with E-state index in [0.717, 1.165) is 11.1 Å². The minimum Gasteiger partial charge on any atom is -0.508 e. The van der Waals surface area contributed by atoms with E-state index in [1.807, 2.05) is 0 Å². The Kier molecular flexibility index (Phi) is 8.60. The fourth-order valence-corrected chi connectivity index (χ4v) is 3.60. The Labute approximate surface area is 186 Å². The molecule has 3 rings (SSSR count). The number of aromatic hydroxyl groups is 2. The number of carbonyl (C=O) groups excluding carboxylic acids is 1. The van der Waals surface area contributed by atoms with Crippen molar-refractivity contribution in [2.45, 2.75) is 62.8 Å². The van der Waals surface area contributed by atoms with E-state index in [1.165, 1.54) is 0 Å². The van der Waals surface area contributed by atoms with Crippen molar-refractivity contribution < 1.29 is 39.8 Å². The van der Waals surface area contributed by atoms with Gasteiger partial charge in [0, 0.05) is 12.8 Å². The first-order valence-electron chi connectivity index (χ1n) is 10.7. The van der Waals surface area contributed by atoms with Crippen LogP contribution in [-0.4, -0.2) is 68.6 Å². The molecule has 0 bridgehead atoms. The van der Waals surface area contributed by atoms with Gasteiger partial charge in [-0.3, -0.25) is 4.79 Å². The first kappa shape index (κ1) is 24.2. The smallest absolute Gasteiger partial charge is 0.186 e. The van der Waals surface area contributed by atoms with Crippen LogP contribution in [0.2, 0.25) is 0 Å². The second kappa shape index (κ2) is 11.4. The number of aliphatic hydroxyl groups is 3. The Hall–Kier alpha value is -2.49. The molecule has 8 heteroatoms. The van der Waals surface area contributed by atoms with Crippen LogP contribution in [0.3, 0.4) is 0 Å². The molecular formula is C24H30O8. The van der Waals surface area contributed by atoms with Gasteiger partial charge in [-0.25, -0.2) is 0 Å². The van der Waals surface area contributed by atoms with Crippen molar-refractivity contribution in [2.75, 3.05) is 6.61 Å². The Morgan fingerprint density at radius 1 is 0.906 bits per heavy atom. The monoisotopic (exact) mass is 446 g/mol. The van der Waals surface area contributed by atoms with Gasteiger partial charge < -0.3 is 35.0 Å². The SMILES string of the molecule is O=C(CCc1ccc(O)cc1)CC(CCc1ccc(O)cc1)O[C@@H]1OC[C@@H](O)[C@H](O)[C@H]1O. The van der Waals surface area contributed by atoms with Crippen molar-refractivity contribution in [2.24, 2.45) is 0 Å². The topological polar surface area (TPSA) is 137 Å². The number of phenolic OH excluding ortho intramolecular Hbond substituents is 2. The predicted octanol–water partition coefficient (Wildman–Crippen LogP) is 1.45.